The zero-order valence-corrected chi connectivity index (χ0v) is 11.2. The molecule has 0 fully saturated rings. The van der Waals surface area contributed by atoms with Crippen LogP contribution in [0.5, 0.6) is 0 Å². The van der Waals surface area contributed by atoms with E-state index in [9.17, 15) is 9.59 Å². The summed E-state index contributed by atoms with van der Waals surface area (Å²) in [5.74, 6) is -1.65. The molecule has 2 rings (SSSR count). The quantitative estimate of drug-likeness (QED) is 0.880. The molecule has 0 amide bonds. The van der Waals surface area contributed by atoms with Gasteiger partial charge in [-0.15, -0.1) is 0 Å². The number of methoxy groups -OCH3 is 1. The first-order valence-corrected chi connectivity index (χ1v) is 5.99. The van der Waals surface area contributed by atoms with Gasteiger partial charge in [0.15, 0.2) is 0 Å². The Morgan fingerprint density at radius 3 is 2.70 bits per heavy atom. The molecule has 0 bridgehead atoms. The van der Waals surface area contributed by atoms with Crippen LogP contribution in [0.25, 0.3) is 11.3 Å². The third-order valence-electron chi connectivity index (χ3n) is 2.68. The van der Waals surface area contributed by atoms with Crippen LogP contribution in [-0.2, 0) is 4.74 Å². The standard InChI is InChI=1S/C14H10ClNO4/c1-20-14(19)8-4-5-11(15)10(7-8)12-9(13(17)18)3-2-6-16-12/h2-7H,1H3,(H,17,18). The molecule has 1 N–H and O–H groups in total. The lowest BCUT2D eigenvalue weighted by Crippen LogP contribution is -2.04. The van der Waals surface area contributed by atoms with Crippen LogP contribution in [0.3, 0.4) is 0 Å². The van der Waals surface area contributed by atoms with Gasteiger partial charge in [0.05, 0.1) is 29.0 Å². The van der Waals surface area contributed by atoms with Gasteiger partial charge in [-0.2, -0.15) is 0 Å². The van der Waals surface area contributed by atoms with Crippen molar-refractivity contribution in [2.75, 3.05) is 7.11 Å². The first-order valence-electron chi connectivity index (χ1n) is 5.61. The van der Waals surface area contributed by atoms with E-state index in [1.165, 1.54) is 43.6 Å². The molecule has 6 heteroatoms. The van der Waals surface area contributed by atoms with Crippen LogP contribution in [-0.4, -0.2) is 29.1 Å². The van der Waals surface area contributed by atoms with Gasteiger partial charge >= 0.3 is 11.9 Å². The Hall–Kier alpha value is -2.40. The molecule has 0 aliphatic carbocycles. The first kappa shape index (κ1) is 14.0. The van der Waals surface area contributed by atoms with E-state index >= 15 is 0 Å². The maximum absolute atomic E-state index is 11.5. The van der Waals surface area contributed by atoms with E-state index < -0.39 is 11.9 Å². The molecule has 0 unspecified atom stereocenters. The van der Waals surface area contributed by atoms with Crippen molar-refractivity contribution in [2.24, 2.45) is 0 Å². The normalized spacial score (nSPS) is 10.1. The van der Waals surface area contributed by atoms with E-state index in [-0.39, 0.29) is 16.8 Å². The number of rotatable bonds is 3. The molecule has 0 atom stereocenters. The number of aromatic nitrogens is 1. The second-order valence-corrected chi connectivity index (χ2v) is 4.30. The summed E-state index contributed by atoms with van der Waals surface area (Å²) in [5, 5.41) is 9.47. The molecule has 0 spiro atoms. The number of benzene rings is 1. The number of hydrogen-bond donors (Lipinski definition) is 1. The van der Waals surface area contributed by atoms with Gasteiger partial charge < -0.3 is 9.84 Å². The Morgan fingerprint density at radius 2 is 2.05 bits per heavy atom. The smallest absolute Gasteiger partial charge is 0.337 e. The van der Waals surface area contributed by atoms with Crippen LogP contribution in [0.15, 0.2) is 36.5 Å². The molecule has 0 saturated heterocycles. The molecular formula is C14H10ClNO4. The van der Waals surface area contributed by atoms with Gasteiger partial charge in [0, 0.05) is 11.8 Å². The number of carbonyl (C=O) groups is 2. The van der Waals surface area contributed by atoms with Gasteiger partial charge in [0.25, 0.3) is 0 Å². The molecule has 0 aliphatic heterocycles. The van der Waals surface area contributed by atoms with Crippen molar-refractivity contribution in [3.63, 3.8) is 0 Å². The third-order valence-corrected chi connectivity index (χ3v) is 3.01. The summed E-state index contributed by atoms with van der Waals surface area (Å²) < 4.78 is 4.63. The number of carboxylic acid groups (broad SMARTS) is 1. The van der Waals surface area contributed by atoms with Crippen LogP contribution in [0.4, 0.5) is 0 Å². The zero-order chi connectivity index (χ0) is 14.7. The van der Waals surface area contributed by atoms with Gasteiger partial charge in [-0.25, -0.2) is 9.59 Å². The van der Waals surface area contributed by atoms with Crippen molar-refractivity contribution >= 4 is 23.5 Å². The Bertz CT molecular complexity index is 685. The summed E-state index contributed by atoms with van der Waals surface area (Å²) in [6.07, 6.45) is 1.46. The van der Waals surface area contributed by atoms with Gasteiger partial charge in [-0.05, 0) is 30.3 Å². The Labute approximate surface area is 119 Å². The first-order chi connectivity index (χ1) is 9.54. The van der Waals surface area contributed by atoms with Crippen molar-refractivity contribution in [1.82, 2.24) is 4.98 Å². The van der Waals surface area contributed by atoms with Crippen molar-refractivity contribution in [3.05, 3.63) is 52.7 Å². The molecule has 5 nitrogen and oxygen atoms in total. The summed E-state index contributed by atoms with van der Waals surface area (Å²) >= 11 is 6.07. The Balaban J connectivity index is 2.63. The highest BCUT2D eigenvalue weighted by Gasteiger charge is 2.17. The lowest BCUT2D eigenvalue weighted by Gasteiger charge is -2.08. The Kier molecular flexibility index (Phi) is 4.00. The second kappa shape index (κ2) is 5.71. The van der Waals surface area contributed by atoms with Crippen LogP contribution >= 0.6 is 11.6 Å². The van der Waals surface area contributed by atoms with E-state index in [1.807, 2.05) is 0 Å². The predicted octanol–water partition coefficient (Wildman–Crippen LogP) is 2.89. The van der Waals surface area contributed by atoms with Crippen molar-refractivity contribution in [1.29, 1.82) is 0 Å². The van der Waals surface area contributed by atoms with Gasteiger partial charge in [0.1, 0.15) is 0 Å². The molecule has 0 aliphatic rings. The summed E-state index contributed by atoms with van der Waals surface area (Å²) in [5.41, 5.74) is 0.855. The number of pyridine rings is 1. The lowest BCUT2D eigenvalue weighted by molar-refractivity contribution is 0.0600. The molecule has 2 aromatic rings. The summed E-state index contributed by atoms with van der Waals surface area (Å²) in [4.78, 5) is 26.8. The lowest BCUT2D eigenvalue weighted by atomic mass is 10.0. The Morgan fingerprint density at radius 1 is 1.30 bits per heavy atom. The minimum absolute atomic E-state index is 0.0106. The molecule has 0 radical (unpaired) electrons. The van der Waals surface area contributed by atoms with Crippen molar-refractivity contribution in [3.8, 4) is 11.3 Å². The van der Waals surface area contributed by atoms with Gasteiger partial charge in [-0.3, -0.25) is 4.98 Å². The van der Waals surface area contributed by atoms with E-state index in [2.05, 4.69) is 9.72 Å². The maximum Gasteiger partial charge on any atom is 0.337 e. The molecular weight excluding hydrogens is 282 g/mol. The maximum atomic E-state index is 11.5. The number of nitrogens with zero attached hydrogens (tertiary/aromatic N) is 1. The van der Waals surface area contributed by atoms with E-state index in [1.54, 1.807) is 0 Å². The van der Waals surface area contributed by atoms with E-state index in [0.717, 1.165) is 0 Å². The van der Waals surface area contributed by atoms with Crippen LogP contribution < -0.4 is 0 Å². The minimum Gasteiger partial charge on any atom is -0.478 e. The monoisotopic (exact) mass is 291 g/mol. The topological polar surface area (TPSA) is 76.5 Å². The van der Waals surface area contributed by atoms with Crippen molar-refractivity contribution in [2.45, 2.75) is 0 Å². The van der Waals surface area contributed by atoms with Crippen LogP contribution in [0, 0.1) is 0 Å². The largest absolute Gasteiger partial charge is 0.478 e. The number of halogens is 1. The van der Waals surface area contributed by atoms with Gasteiger partial charge in [-0.1, -0.05) is 11.6 Å². The molecule has 1 aromatic carbocycles. The number of carbonyl (C=O) groups excluding carboxylic acids is 1. The SMILES string of the molecule is COC(=O)c1ccc(Cl)c(-c2ncccc2C(=O)O)c1. The summed E-state index contributed by atoms with van der Waals surface area (Å²) in [6, 6.07) is 7.41. The molecule has 1 aromatic heterocycles. The average Bonchev–Trinajstić information content (AvgIpc) is 2.47. The molecule has 1 heterocycles. The fraction of sp³-hybridized carbons (Fsp3) is 0.0714. The predicted molar refractivity (Wildman–Crippen MR) is 73.0 cm³/mol. The number of esters is 1. The average molecular weight is 292 g/mol. The highest BCUT2D eigenvalue weighted by Crippen LogP contribution is 2.30. The number of aromatic carboxylic acids is 1. The zero-order valence-electron chi connectivity index (χ0n) is 10.5. The molecule has 0 saturated carbocycles. The van der Waals surface area contributed by atoms with Crippen LogP contribution in [0.2, 0.25) is 5.02 Å². The minimum atomic E-state index is -1.12. The summed E-state index contributed by atoms with van der Waals surface area (Å²) in [7, 11) is 1.26. The summed E-state index contributed by atoms with van der Waals surface area (Å²) in [6.45, 7) is 0. The van der Waals surface area contributed by atoms with E-state index in [4.69, 9.17) is 16.7 Å². The second-order valence-electron chi connectivity index (χ2n) is 3.89. The van der Waals surface area contributed by atoms with Crippen molar-refractivity contribution < 1.29 is 19.4 Å². The van der Waals surface area contributed by atoms with Gasteiger partial charge in [0.2, 0.25) is 0 Å². The third kappa shape index (κ3) is 2.62. The highest BCUT2D eigenvalue weighted by atomic mass is 35.5. The fourth-order valence-electron chi connectivity index (χ4n) is 1.74. The van der Waals surface area contributed by atoms with E-state index in [0.29, 0.717) is 10.6 Å². The number of ether oxygens (including phenoxy) is 1. The van der Waals surface area contributed by atoms with Crippen LogP contribution in [0.1, 0.15) is 20.7 Å². The number of carboxylic acids is 1. The highest BCUT2D eigenvalue weighted by molar-refractivity contribution is 6.33. The molecule has 20 heavy (non-hydrogen) atoms. The molecule has 102 valence electrons. The number of hydrogen-bond acceptors (Lipinski definition) is 4. The fourth-order valence-corrected chi connectivity index (χ4v) is 1.95.